The number of anilines is 1. The van der Waals surface area contributed by atoms with E-state index in [1.165, 1.54) is 23.9 Å². The molecule has 0 aromatic heterocycles. The molecule has 1 N–H and O–H groups in total. The first-order valence-electron chi connectivity index (χ1n) is 7.97. The highest BCUT2D eigenvalue weighted by Crippen LogP contribution is 2.28. The predicted octanol–water partition coefficient (Wildman–Crippen LogP) is 3.51. The van der Waals surface area contributed by atoms with Crippen LogP contribution in [-0.4, -0.2) is 36.3 Å². The van der Waals surface area contributed by atoms with E-state index < -0.39 is 23.4 Å². The lowest BCUT2D eigenvalue weighted by molar-refractivity contribution is -0.387. The molecule has 0 radical (unpaired) electrons. The van der Waals surface area contributed by atoms with Gasteiger partial charge in [-0.1, -0.05) is 12.1 Å². The molecule has 2 aromatic carbocycles. The molecule has 1 amide bonds. The molecule has 0 atom stereocenters. The van der Waals surface area contributed by atoms with Gasteiger partial charge in [0.05, 0.1) is 27.7 Å². The summed E-state index contributed by atoms with van der Waals surface area (Å²) in [5.41, 5.74) is 0.273. The fraction of sp³-hybridized carbons (Fsp3) is 0.222. The maximum absolute atomic E-state index is 12.1. The first-order chi connectivity index (χ1) is 13.0. The third-order valence-corrected chi connectivity index (χ3v) is 4.19. The van der Waals surface area contributed by atoms with Gasteiger partial charge in [-0.3, -0.25) is 14.9 Å². The van der Waals surface area contributed by atoms with Gasteiger partial charge in [-0.25, -0.2) is 4.79 Å². The van der Waals surface area contributed by atoms with E-state index in [1.54, 1.807) is 30.5 Å². The Hall–Kier alpha value is -3.07. The summed E-state index contributed by atoms with van der Waals surface area (Å²) in [4.78, 5) is 35.1. The van der Waals surface area contributed by atoms with Crippen LogP contribution in [0.1, 0.15) is 17.3 Å². The number of esters is 1. The summed E-state index contributed by atoms with van der Waals surface area (Å²) in [5, 5.41) is 13.7. The van der Waals surface area contributed by atoms with Gasteiger partial charge in [0.2, 0.25) is 0 Å². The zero-order valence-corrected chi connectivity index (χ0v) is 15.6. The van der Waals surface area contributed by atoms with Crippen LogP contribution in [0.25, 0.3) is 0 Å². The zero-order chi connectivity index (χ0) is 19.8. The summed E-state index contributed by atoms with van der Waals surface area (Å²) >= 11 is 1.20. The number of nitrogens with one attached hydrogen (secondary N) is 1. The molecule has 27 heavy (non-hydrogen) atoms. The van der Waals surface area contributed by atoms with E-state index in [2.05, 4.69) is 5.32 Å². The van der Waals surface area contributed by atoms with E-state index in [1.807, 2.05) is 6.92 Å². The number of para-hydroxylation sites is 2. The second-order valence-corrected chi connectivity index (χ2v) is 6.05. The number of ether oxygens (including phenoxy) is 2. The third-order valence-electron chi connectivity index (χ3n) is 3.41. The highest BCUT2D eigenvalue weighted by molar-refractivity contribution is 7.98. The first-order valence-corrected chi connectivity index (χ1v) is 9.20. The van der Waals surface area contributed by atoms with Crippen molar-refractivity contribution in [1.82, 2.24) is 0 Å². The SMILES string of the molecule is CCOc1ccccc1NC(=O)COC(=O)c1ccc(SC)c([N+](=O)[O-])c1. The monoisotopic (exact) mass is 390 g/mol. The zero-order valence-electron chi connectivity index (χ0n) is 14.8. The lowest BCUT2D eigenvalue weighted by atomic mass is 10.2. The Balaban J connectivity index is 2.00. The molecule has 0 aliphatic carbocycles. The summed E-state index contributed by atoms with van der Waals surface area (Å²) in [6.07, 6.45) is 1.70. The average molecular weight is 390 g/mol. The first kappa shape index (κ1) is 20.2. The highest BCUT2D eigenvalue weighted by atomic mass is 32.2. The van der Waals surface area contributed by atoms with Gasteiger partial charge in [-0.15, -0.1) is 11.8 Å². The van der Waals surface area contributed by atoms with Crippen LogP contribution in [0.4, 0.5) is 11.4 Å². The molecule has 0 aliphatic heterocycles. The lowest BCUT2D eigenvalue weighted by Gasteiger charge is -2.11. The molecule has 8 nitrogen and oxygen atoms in total. The number of carbonyl (C=O) groups excluding carboxylic acids is 2. The Kier molecular flexibility index (Phi) is 7.18. The minimum absolute atomic E-state index is 0.00187. The summed E-state index contributed by atoms with van der Waals surface area (Å²) in [6.45, 7) is 1.73. The van der Waals surface area contributed by atoms with E-state index in [4.69, 9.17) is 9.47 Å². The molecule has 0 spiro atoms. The van der Waals surface area contributed by atoms with Crippen molar-refractivity contribution in [2.75, 3.05) is 24.8 Å². The Morgan fingerprint density at radius 3 is 2.63 bits per heavy atom. The minimum Gasteiger partial charge on any atom is -0.492 e. The van der Waals surface area contributed by atoms with E-state index >= 15 is 0 Å². The van der Waals surface area contributed by atoms with Gasteiger partial charge in [0.1, 0.15) is 5.75 Å². The smallest absolute Gasteiger partial charge is 0.338 e. The Bertz CT molecular complexity index is 855. The summed E-state index contributed by atoms with van der Waals surface area (Å²) in [5.74, 6) is -0.868. The van der Waals surface area contributed by atoms with E-state index in [-0.39, 0.29) is 11.3 Å². The molecule has 142 valence electrons. The molecule has 0 fully saturated rings. The van der Waals surface area contributed by atoms with Crippen LogP contribution >= 0.6 is 11.8 Å². The van der Waals surface area contributed by atoms with Crippen molar-refractivity contribution in [3.8, 4) is 5.75 Å². The maximum atomic E-state index is 12.1. The second kappa shape index (κ2) is 9.58. The maximum Gasteiger partial charge on any atom is 0.338 e. The summed E-state index contributed by atoms with van der Waals surface area (Å²) < 4.78 is 10.4. The number of hydrogen-bond donors (Lipinski definition) is 1. The molecule has 2 rings (SSSR count). The highest BCUT2D eigenvalue weighted by Gasteiger charge is 2.18. The fourth-order valence-corrected chi connectivity index (χ4v) is 2.76. The van der Waals surface area contributed by atoms with Crippen molar-refractivity contribution in [3.05, 3.63) is 58.1 Å². The summed E-state index contributed by atoms with van der Waals surface area (Å²) in [6, 6.07) is 10.9. The van der Waals surface area contributed by atoms with Crippen LogP contribution in [0.2, 0.25) is 0 Å². The number of nitro groups is 1. The van der Waals surface area contributed by atoms with Crippen LogP contribution in [0.15, 0.2) is 47.4 Å². The lowest BCUT2D eigenvalue weighted by Crippen LogP contribution is -2.21. The molecule has 2 aromatic rings. The molecule has 0 heterocycles. The van der Waals surface area contributed by atoms with E-state index in [0.717, 1.165) is 6.07 Å². The largest absolute Gasteiger partial charge is 0.492 e. The fourth-order valence-electron chi connectivity index (χ4n) is 2.21. The van der Waals surface area contributed by atoms with Crippen LogP contribution < -0.4 is 10.1 Å². The van der Waals surface area contributed by atoms with Crippen molar-refractivity contribution in [1.29, 1.82) is 0 Å². The molecule has 0 saturated heterocycles. The Morgan fingerprint density at radius 1 is 1.22 bits per heavy atom. The summed E-state index contributed by atoms with van der Waals surface area (Å²) in [7, 11) is 0. The minimum atomic E-state index is -0.820. The standard InChI is InChI=1S/C18H18N2O6S/c1-3-25-15-7-5-4-6-13(15)19-17(21)11-26-18(22)12-8-9-16(27-2)14(10-12)20(23)24/h4-10H,3,11H2,1-2H3,(H,19,21). The van der Waals surface area contributed by atoms with Crippen LogP contribution in [0.3, 0.4) is 0 Å². The van der Waals surface area contributed by atoms with E-state index in [9.17, 15) is 19.7 Å². The third kappa shape index (κ3) is 5.45. The van der Waals surface area contributed by atoms with Crippen LogP contribution in [0.5, 0.6) is 5.75 Å². The van der Waals surface area contributed by atoms with Crippen molar-refractivity contribution in [2.45, 2.75) is 11.8 Å². The second-order valence-electron chi connectivity index (χ2n) is 5.20. The predicted molar refractivity (Wildman–Crippen MR) is 101 cm³/mol. The van der Waals surface area contributed by atoms with Gasteiger partial charge in [0.25, 0.3) is 11.6 Å². The van der Waals surface area contributed by atoms with Crippen molar-refractivity contribution >= 4 is 35.0 Å². The number of nitro benzene ring substituents is 1. The van der Waals surface area contributed by atoms with Crippen LogP contribution in [0, 0.1) is 10.1 Å². The molecule has 0 saturated carbocycles. The number of carbonyl (C=O) groups is 2. The topological polar surface area (TPSA) is 108 Å². The van der Waals surface area contributed by atoms with Gasteiger partial charge in [0.15, 0.2) is 6.61 Å². The molecule has 9 heteroatoms. The van der Waals surface area contributed by atoms with Gasteiger partial charge in [-0.2, -0.15) is 0 Å². The van der Waals surface area contributed by atoms with Crippen molar-refractivity contribution in [3.63, 3.8) is 0 Å². The molecular formula is C18H18N2O6S. The number of benzene rings is 2. The average Bonchev–Trinajstić information content (AvgIpc) is 2.67. The van der Waals surface area contributed by atoms with Crippen LogP contribution in [-0.2, 0) is 9.53 Å². The van der Waals surface area contributed by atoms with Gasteiger partial charge >= 0.3 is 5.97 Å². The molecule has 0 aliphatic rings. The Morgan fingerprint density at radius 2 is 1.96 bits per heavy atom. The Labute approximate surface area is 160 Å². The number of thioether (sulfide) groups is 1. The normalized spacial score (nSPS) is 10.1. The van der Waals surface area contributed by atoms with Crippen molar-refractivity contribution < 1.29 is 24.0 Å². The van der Waals surface area contributed by atoms with Crippen molar-refractivity contribution in [2.24, 2.45) is 0 Å². The van der Waals surface area contributed by atoms with Gasteiger partial charge in [0, 0.05) is 6.07 Å². The number of hydrogen-bond acceptors (Lipinski definition) is 7. The quantitative estimate of drug-likeness (QED) is 0.318. The van der Waals surface area contributed by atoms with Gasteiger partial charge in [-0.05, 0) is 37.4 Å². The number of rotatable bonds is 8. The van der Waals surface area contributed by atoms with Gasteiger partial charge < -0.3 is 14.8 Å². The molecule has 0 unspecified atom stereocenters. The van der Waals surface area contributed by atoms with E-state index in [0.29, 0.717) is 22.9 Å². The molecule has 0 bridgehead atoms. The molecular weight excluding hydrogens is 372 g/mol. The number of amides is 1. The number of nitrogens with zero attached hydrogens (tertiary/aromatic N) is 1.